The topological polar surface area (TPSA) is 139 Å². The summed E-state index contributed by atoms with van der Waals surface area (Å²) in [5, 5.41) is 9.93. The van der Waals surface area contributed by atoms with Gasteiger partial charge in [0.05, 0.1) is 23.4 Å². The minimum absolute atomic E-state index is 0.256. The van der Waals surface area contributed by atoms with Crippen LogP contribution < -0.4 is 16.0 Å². The second kappa shape index (κ2) is 13.6. The number of para-hydroxylation sites is 2. The Morgan fingerprint density at radius 2 is 1.42 bits per heavy atom. The van der Waals surface area contributed by atoms with Gasteiger partial charge in [0.15, 0.2) is 5.82 Å². The maximum absolute atomic E-state index is 13.1. The van der Waals surface area contributed by atoms with Crippen molar-refractivity contribution in [3.05, 3.63) is 101 Å². The molecule has 0 spiro atoms. The largest absolute Gasteiger partial charge is 0.458 e. The molecule has 5 aromatic rings. The second-order valence-corrected chi connectivity index (χ2v) is 10.5. The van der Waals surface area contributed by atoms with E-state index >= 15 is 0 Å². The Hall–Kier alpha value is -5.64. The number of nitrogens with zero attached hydrogens (tertiary/aromatic N) is 4. The van der Waals surface area contributed by atoms with Gasteiger partial charge in [-0.25, -0.2) is 9.97 Å². The molecule has 0 fully saturated rings. The van der Waals surface area contributed by atoms with E-state index in [1.165, 1.54) is 6.20 Å². The summed E-state index contributed by atoms with van der Waals surface area (Å²) in [6.07, 6.45) is -7.01. The number of rotatable bonds is 3. The van der Waals surface area contributed by atoms with E-state index in [1.807, 2.05) is 54.6 Å². The number of carbonyl (C=O) groups is 3. The number of anilines is 5. The van der Waals surface area contributed by atoms with Gasteiger partial charge >= 0.3 is 23.9 Å². The lowest BCUT2D eigenvalue weighted by atomic mass is 10.0. The molecule has 0 aliphatic carbocycles. The molecule has 246 valence electrons. The van der Waals surface area contributed by atoms with Crippen LogP contribution in [0.3, 0.4) is 0 Å². The predicted octanol–water partition coefficient (Wildman–Crippen LogP) is 7.16. The van der Waals surface area contributed by atoms with Gasteiger partial charge in [0.25, 0.3) is 5.91 Å². The number of aromatic nitrogens is 4. The highest BCUT2D eigenvalue weighted by molar-refractivity contribution is 6.41. The summed E-state index contributed by atoms with van der Waals surface area (Å²) in [6.45, 7) is 0. The number of Topliss-reactive ketones (excluding diaryl/α,β-unsaturated/α-hetero) is 2. The van der Waals surface area contributed by atoms with Crippen LogP contribution in [0.4, 0.5) is 55.2 Å². The summed E-state index contributed by atoms with van der Waals surface area (Å²) in [4.78, 5) is 50.0. The maximum Gasteiger partial charge on any atom is 0.458 e. The highest BCUT2D eigenvalue weighted by atomic mass is 35.5. The first kappa shape index (κ1) is 33.7. The van der Waals surface area contributed by atoms with Crippen molar-refractivity contribution in [1.82, 2.24) is 19.9 Å². The average Bonchev–Trinajstić information content (AvgIpc) is 3.05. The standard InChI is InChI=1S/C27H20ClN7O.C4F6O2/c28-20-14-30-27-32-18-5-3-4-16(12-18)8-9-17-13-19(31-25(20)35-27)10-11-21(17)34-26(36)24-15-29-22-6-1-2-7-23(22)33-24;5-3(6,7)1(11)2(12)4(8,9)10/h1-7,10-15H,8-9H2,(H,34,36)(H2,30,31,32,35);. The summed E-state index contributed by atoms with van der Waals surface area (Å²) in [5.41, 5.74) is 6.16. The first-order valence-corrected chi connectivity index (χ1v) is 14.1. The molecule has 1 aliphatic rings. The quantitative estimate of drug-likeness (QED) is 0.133. The fraction of sp³-hybridized carbons (Fsp3) is 0.129. The monoisotopic (exact) mass is 687 g/mol. The number of hydrogen-bond donors (Lipinski definition) is 3. The van der Waals surface area contributed by atoms with Gasteiger partial charge in [-0.1, -0.05) is 35.9 Å². The van der Waals surface area contributed by atoms with E-state index in [2.05, 4.69) is 48.0 Å². The SMILES string of the molecule is O=C(C(=O)C(F)(F)F)C(F)(F)F.O=C(Nc1ccc2cc1CCc1cccc(c1)Nc1ncc(Cl)c(n1)N2)c1cnc2ccccc2n1. The lowest BCUT2D eigenvalue weighted by Crippen LogP contribution is -2.39. The second-order valence-electron chi connectivity index (χ2n) is 10.1. The van der Waals surface area contributed by atoms with Gasteiger partial charge in [-0.3, -0.25) is 19.4 Å². The highest BCUT2D eigenvalue weighted by Gasteiger charge is 2.54. The van der Waals surface area contributed by atoms with E-state index in [1.54, 1.807) is 6.20 Å². The summed E-state index contributed by atoms with van der Waals surface area (Å²) in [6, 6.07) is 21.3. The zero-order valence-corrected chi connectivity index (χ0v) is 24.8. The summed E-state index contributed by atoms with van der Waals surface area (Å²) >= 11 is 6.36. The number of alkyl halides is 6. The van der Waals surface area contributed by atoms with E-state index in [-0.39, 0.29) is 11.6 Å². The molecule has 0 saturated carbocycles. The molecule has 1 aliphatic heterocycles. The number of halogens is 7. The Bertz CT molecular complexity index is 2010. The first-order chi connectivity index (χ1) is 22.7. The summed E-state index contributed by atoms with van der Waals surface area (Å²) < 4.78 is 67.0. The van der Waals surface area contributed by atoms with Crippen molar-refractivity contribution in [3.8, 4) is 0 Å². The van der Waals surface area contributed by atoms with Gasteiger partial charge in [0.1, 0.15) is 10.7 Å². The van der Waals surface area contributed by atoms with Crippen LogP contribution in [-0.4, -0.2) is 49.8 Å². The lowest BCUT2D eigenvalue weighted by molar-refractivity contribution is -0.193. The Kier molecular flexibility index (Phi) is 9.56. The fourth-order valence-corrected chi connectivity index (χ4v) is 4.51. The number of fused-ring (bicyclic) bond motifs is 7. The molecule has 0 saturated heterocycles. The molecule has 6 bridgehead atoms. The van der Waals surface area contributed by atoms with Crippen LogP contribution in [0.5, 0.6) is 0 Å². The molecule has 3 N–H and O–H groups in total. The van der Waals surface area contributed by atoms with Crippen molar-refractivity contribution in [3.63, 3.8) is 0 Å². The van der Waals surface area contributed by atoms with Gasteiger partial charge < -0.3 is 16.0 Å². The number of carbonyl (C=O) groups excluding carboxylic acids is 3. The van der Waals surface area contributed by atoms with Crippen LogP contribution in [0.1, 0.15) is 21.6 Å². The molecule has 3 heterocycles. The third-order valence-electron chi connectivity index (χ3n) is 6.63. The molecule has 0 radical (unpaired) electrons. The number of benzene rings is 3. The third-order valence-corrected chi connectivity index (χ3v) is 6.91. The van der Waals surface area contributed by atoms with Crippen LogP contribution in [0.2, 0.25) is 5.02 Å². The molecule has 48 heavy (non-hydrogen) atoms. The average molecular weight is 688 g/mol. The minimum Gasteiger partial charge on any atom is -0.339 e. The van der Waals surface area contributed by atoms with Crippen LogP contribution in [0.15, 0.2) is 79.1 Å². The molecule has 6 rings (SSSR count). The van der Waals surface area contributed by atoms with Gasteiger partial charge in [-0.15, -0.1) is 0 Å². The number of nitrogens with one attached hydrogen (secondary N) is 3. The van der Waals surface area contributed by atoms with Crippen molar-refractivity contribution in [2.24, 2.45) is 0 Å². The smallest absolute Gasteiger partial charge is 0.339 e. The van der Waals surface area contributed by atoms with E-state index in [9.17, 15) is 40.7 Å². The number of ketones is 2. The van der Waals surface area contributed by atoms with E-state index in [0.29, 0.717) is 34.4 Å². The molecule has 3 aromatic carbocycles. The predicted molar refractivity (Wildman–Crippen MR) is 164 cm³/mol. The maximum atomic E-state index is 13.1. The van der Waals surface area contributed by atoms with Gasteiger partial charge in [0, 0.05) is 17.1 Å². The molecular weight excluding hydrogens is 668 g/mol. The zero-order chi connectivity index (χ0) is 34.6. The number of aryl methyl sites for hydroxylation is 2. The van der Waals surface area contributed by atoms with Gasteiger partial charge in [-0.2, -0.15) is 31.3 Å². The van der Waals surface area contributed by atoms with Crippen LogP contribution >= 0.6 is 11.6 Å². The number of hydrogen-bond acceptors (Lipinski definition) is 9. The first-order valence-electron chi connectivity index (χ1n) is 13.7. The Balaban J connectivity index is 0.000000323. The van der Waals surface area contributed by atoms with Gasteiger partial charge in [-0.05, 0) is 66.4 Å². The van der Waals surface area contributed by atoms with E-state index in [4.69, 9.17) is 11.6 Å². The molecule has 2 aromatic heterocycles. The Labute approximate surface area is 271 Å². The van der Waals surface area contributed by atoms with Gasteiger partial charge in [0.2, 0.25) is 5.95 Å². The van der Waals surface area contributed by atoms with E-state index in [0.717, 1.165) is 34.4 Å². The Morgan fingerprint density at radius 3 is 2.12 bits per heavy atom. The zero-order valence-electron chi connectivity index (χ0n) is 24.1. The minimum atomic E-state index is -5.77. The summed E-state index contributed by atoms with van der Waals surface area (Å²) in [5.74, 6) is -6.20. The van der Waals surface area contributed by atoms with E-state index < -0.39 is 23.9 Å². The number of amides is 1. The molecular formula is C31H20ClF6N7O3. The molecule has 10 nitrogen and oxygen atoms in total. The highest BCUT2D eigenvalue weighted by Crippen LogP contribution is 2.30. The van der Waals surface area contributed by atoms with Crippen molar-refractivity contribution in [2.45, 2.75) is 25.2 Å². The van der Waals surface area contributed by atoms with Crippen molar-refractivity contribution in [2.75, 3.05) is 16.0 Å². The normalized spacial score (nSPS) is 12.5. The fourth-order valence-electron chi connectivity index (χ4n) is 4.38. The third kappa shape index (κ3) is 8.19. The van der Waals surface area contributed by atoms with Crippen molar-refractivity contribution in [1.29, 1.82) is 0 Å². The molecule has 1 amide bonds. The molecule has 17 heteroatoms. The summed E-state index contributed by atoms with van der Waals surface area (Å²) in [7, 11) is 0. The molecule has 0 atom stereocenters. The Morgan fingerprint density at radius 1 is 0.729 bits per heavy atom. The van der Waals surface area contributed by atoms with Crippen LogP contribution in [0.25, 0.3) is 11.0 Å². The lowest BCUT2D eigenvalue weighted by Gasteiger charge is -2.14. The van der Waals surface area contributed by atoms with Crippen LogP contribution in [0, 0.1) is 0 Å². The van der Waals surface area contributed by atoms with Crippen LogP contribution in [-0.2, 0) is 22.4 Å². The molecule has 0 unspecified atom stereocenters. The van der Waals surface area contributed by atoms with Crippen molar-refractivity contribution < 1.29 is 40.7 Å². The van der Waals surface area contributed by atoms with Crippen molar-refractivity contribution >= 4 is 68.9 Å².